The molecule has 0 radical (unpaired) electrons. The van der Waals surface area contributed by atoms with Crippen molar-refractivity contribution in [3.63, 3.8) is 0 Å². The van der Waals surface area contributed by atoms with Gasteiger partial charge in [0, 0.05) is 29.3 Å². The summed E-state index contributed by atoms with van der Waals surface area (Å²) in [4.78, 5) is 23.5. The maximum Gasteiger partial charge on any atom is 0.254 e. The molecule has 26 heavy (non-hydrogen) atoms. The minimum Gasteiger partial charge on any atom is -0.466 e. The third kappa shape index (κ3) is 6.25. The third-order valence-electron chi connectivity index (χ3n) is 3.07. The van der Waals surface area contributed by atoms with Crippen molar-refractivity contribution in [1.29, 1.82) is 0 Å². The quantitative estimate of drug-likeness (QED) is 0.523. The minimum atomic E-state index is -1.94. The van der Waals surface area contributed by atoms with Crippen molar-refractivity contribution in [2.75, 3.05) is 5.32 Å². The van der Waals surface area contributed by atoms with Crippen LogP contribution in [0.4, 0.5) is 5.69 Å². The lowest BCUT2D eigenvalue weighted by atomic mass is 10.2. The average Bonchev–Trinajstić information content (AvgIpc) is 2.53. The Kier molecular flexibility index (Phi) is 7.01. The van der Waals surface area contributed by atoms with E-state index in [1.54, 1.807) is 36.4 Å². The molecular weight excluding hydrogens is 422 g/mol. The first-order valence-electron chi connectivity index (χ1n) is 7.32. The Morgan fingerprint density at radius 3 is 2.31 bits per heavy atom. The van der Waals surface area contributed by atoms with Gasteiger partial charge in [-0.2, -0.15) is 0 Å². The number of ether oxygens (including phenoxy) is 1. The highest BCUT2D eigenvalue weighted by atomic mass is 35.6. The fourth-order valence-electron chi connectivity index (χ4n) is 1.97. The highest BCUT2D eigenvalue weighted by Crippen LogP contribution is 2.32. The average molecular weight is 436 g/mol. The van der Waals surface area contributed by atoms with E-state index < -0.39 is 15.9 Å². The molecule has 1 atom stereocenters. The zero-order valence-corrected chi connectivity index (χ0v) is 16.5. The summed E-state index contributed by atoms with van der Waals surface area (Å²) in [5, 5.41) is 5.62. The molecule has 0 aliphatic carbocycles. The lowest BCUT2D eigenvalue weighted by molar-refractivity contribution is -0.114. The third-order valence-corrected chi connectivity index (χ3v) is 3.92. The van der Waals surface area contributed by atoms with E-state index in [9.17, 15) is 9.59 Å². The molecule has 0 heterocycles. The maximum absolute atomic E-state index is 12.3. The Hall–Kier alpha value is -1.66. The van der Waals surface area contributed by atoms with E-state index in [1.165, 1.54) is 19.1 Å². The summed E-state index contributed by atoms with van der Waals surface area (Å²) in [5.41, 5.74) is 0.825. The first kappa shape index (κ1) is 20.6. The number of carbonyl (C=O) groups is 2. The van der Waals surface area contributed by atoms with Gasteiger partial charge in [-0.25, -0.2) is 0 Å². The molecule has 0 saturated carbocycles. The second kappa shape index (κ2) is 8.82. The number of rotatable bonds is 5. The zero-order valence-electron chi connectivity index (χ0n) is 13.4. The number of amides is 2. The van der Waals surface area contributed by atoms with Crippen LogP contribution in [0.2, 0.25) is 5.02 Å². The molecule has 9 heteroatoms. The van der Waals surface area contributed by atoms with Gasteiger partial charge in [0.2, 0.25) is 15.9 Å². The molecule has 0 aliphatic rings. The van der Waals surface area contributed by atoms with Gasteiger partial charge in [-0.15, -0.1) is 0 Å². The fraction of sp³-hybridized carbons (Fsp3) is 0.176. The number of hydrogen-bond acceptors (Lipinski definition) is 3. The van der Waals surface area contributed by atoms with Gasteiger partial charge in [-0.1, -0.05) is 52.5 Å². The van der Waals surface area contributed by atoms with Crippen LogP contribution in [-0.4, -0.2) is 21.8 Å². The number of anilines is 1. The summed E-state index contributed by atoms with van der Waals surface area (Å²) in [6.07, 6.45) is -1.27. The van der Waals surface area contributed by atoms with Crippen LogP contribution in [-0.2, 0) is 4.79 Å². The standard InChI is InChI=1S/C17H14Cl4N2O3/c1-10(24)22-13-3-2-4-14(9-13)26-16(17(19,20)21)23-15(25)11-5-7-12(18)8-6-11/h2-9,16H,1H3,(H,22,24)(H,23,25)/t16-/m0/s1. The molecular formula is C17H14Cl4N2O3. The summed E-state index contributed by atoms with van der Waals surface area (Å²) in [6.45, 7) is 1.38. The van der Waals surface area contributed by atoms with Gasteiger partial charge in [-0.3, -0.25) is 9.59 Å². The summed E-state index contributed by atoms with van der Waals surface area (Å²) in [6, 6.07) is 12.7. The van der Waals surface area contributed by atoms with E-state index in [-0.39, 0.29) is 5.91 Å². The van der Waals surface area contributed by atoms with Gasteiger partial charge in [0.05, 0.1) is 0 Å². The van der Waals surface area contributed by atoms with Crippen molar-refractivity contribution in [1.82, 2.24) is 5.32 Å². The Bertz CT molecular complexity index is 791. The Morgan fingerprint density at radius 2 is 1.73 bits per heavy atom. The number of carbonyl (C=O) groups excluding carboxylic acids is 2. The van der Waals surface area contributed by atoms with Gasteiger partial charge in [0.1, 0.15) is 5.75 Å². The largest absolute Gasteiger partial charge is 0.466 e. The maximum atomic E-state index is 12.3. The predicted molar refractivity (Wildman–Crippen MR) is 104 cm³/mol. The van der Waals surface area contributed by atoms with Crippen molar-refractivity contribution < 1.29 is 14.3 Å². The Balaban J connectivity index is 2.16. The highest BCUT2D eigenvalue weighted by molar-refractivity contribution is 6.68. The van der Waals surface area contributed by atoms with E-state index in [2.05, 4.69) is 10.6 Å². The fourth-order valence-corrected chi connectivity index (χ4v) is 2.39. The van der Waals surface area contributed by atoms with Crippen LogP contribution in [0.3, 0.4) is 0 Å². The molecule has 0 unspecified atom stereocenters. The molecule has 0 aliphatic heterocycles. The Labute approximate surface area is 170 Å². The van der Waals surface area contributed by atoms with Crippen molar-refractivity contribution in [3.8, 4) is 5.75 Å². The first-order valence-corrected chi connectivity index (χ1v) is 8.84. The molecule has 0 fully saturated rings. The van der Waals surface area contributed by atoms with Crippen molar-refractivity contribution >= 4 is 63.9 Å². The minimum absolute atomic E-state index is 0.240. The SMILES string of the molecule is CC(=O)Nc1cccc(O[C@H](NC(=O)c2ccc(Cl)cc2)C(Cl)(Cl)Cl)c1. The van der Waals surface area contributed by atoms with Crippen LogP contribution in [0.25, 0.3) is 0 Å². The molecule has 138 valence electrons. The van der Waals surface area contributed by atoms with Gasteiger partial charge in [0.25, 0.3) is 5.91 Å². The smallest absolute Gasteiger partial charge is 0.254 e. The zero-order chi connectivity index (χ0) is 19.3. The molecule has 0 spiro atoms. The summed E-state index contributed by atoms with van der Waals surface area (Å²) in [7, 11) is 0. The van der Waals surface area contributed by atoms with E-state index >= 15 is 0 Å². The molecule has 2 aromatic rings. The molecule has 0 bridgehead atoms. The van der Waals surface area contributed by atoms with Crippen LogP contribution in [0.15, 0.2) is 48.5 Å². The predicted octanol–water partition coefficient (Wildman–Crippen LogP) is 4.80. The van der Waals surface area contributed by atoms with Gasteiger partial charge in [0.15, 0.2) is 0 Å². The van der Waals surface area contributed by atoms with Gasteiger partial charge < -0.3 is 15.4 Å². The number of hydrogen-bond donors (Lipinski definition) is 2. The van der Waals surface area contributed by atoms with Crippen molar-refractivity contribution in [3.05, 3.63) is 59.1 Å². The van der Waals surface area contributed by atoms with Crippen LogP contribution in [0, 0.1) is 0 Å². The van der Waals surface area contributed by atoms with Crippen molar-refractivity contribution in [2.45, 2.75) is 16.9 Å². The first-order chi connectivity index (χ1) is 12.1. The number of halogens is 4. The topological polar surface area (TPSA) is 67.4 Å². The number of benzene rings is 2. The molecule has 5 nitrogen and oxygen atoms in total. The molecule has 2 rings (SSSR count). The number of alkyl halides is 3. The highest BCUT2D eigenvalue weighted by Gasteiger charge is 2.36. The lowest BCUT2D eigenvalue weighted by Crippen LogP contribution is -2.47. The monoisotopic (exact) mass is 434 g/mol. The second-order valence-corrected chi connectivity index (χ2v) is 8.03. The lowest BCUT2D eigenvalue weighted by Gasteiger charge is -2.26. The van der Waals surface area contributed by atoms with Crippen LogP contribution in [0.1, 0.15) is 17.3 Å². The van der Waals surface area contributed by atoms with Crippen LogP contribution >= 0.6 is 46.4 Å². The van der Waals surface area contributed by atoms with E-state index in [1.807, 2.05) is 0 Å². The number of nitrogens with one attached hydrogen (secondary N) is 2. The van der Waals surface area contributed by atoms with E-state index in [4.69, 9.17) is 51.1 Å². The molecule has 2 amide bonds. The van der Waals surface area contributed by atoms with E-state index in [0.29, 0.717) is 22.0 Å². The molecule has 2 aromatic carbocycles. The van der Waals surface area contributed by atoms with Crippen LogP contribution < -0.4 is 15.4 Å². The van der Waals surface area contributed by atoms with Gasteiger partial charge in [-0.05, 0) is 36.4 Å². The summed E-state index contributed by atoms with van der Waals surface area (Å²) < 4.78 is 3.67. The Morgan fingerprint density at radius 1 is 1.08 bits per heavy atom. The summed E-state index contributed by atoms with van der Waals surface area (Å²) in [5.74, 6) is -0.448. The normalized spacial score (nSPS) is 12.2. The van der Waals surface area contributed by atoms with Crippen molar-refractivity contribution in [2.24, 2.45) is 0 Å². The second-order valence-electron chi connectivity index (χ2n) is 5.23. The van der Waals surface area contributed by atoms with E-state index in [0.717, 1.165) is 0 Å². The van der Waals surface area contributed by atoms with Gasteiger partial charge >= 0.3 is 0 Å². The summed E-state index contributed by atoms with van der Waals surface area (Å²) >= 11 is 23.6. The molecule has 0 saturated heterocycles. The molecule has 2 N–H and O–H groups in total. The van der Waals surface area contributed by atoms with Crippen LogP contribution in [0.5, 0.6) is 5.75 Å². The molecule has 0 aromatic heterocycles.